The average Bonchev–Trinajstić information content (AvgIpc) is 2.61. The van der Waals surface area contributed by atoms with E-state index in [0.29, 0.717) is 0 Å². The molecule has 2 rings (SSSR count). The van der Waals surface area contributed by atoms with Crippen molar-refractivity contribution in [1.29, 1.82) is 0 Å². The van der Waals surface area contributed by atoms with Gasteiger partial charge in [-0.05, 0) is 53.1 Å². The van der Waals surface area contributed by atoms with Crippen LogP contribution in [0.5, 0.6) is 0 Å². The zero-order valence-corrected chi connectivity index (χ0v) is 13.7. The average molecular weight is 293 g/mol. The molecule has 0 saturated carbocycles. The van der Waals surface area contributed by atoms with Crippen LogP contribution in [0, 0.1) is 12.7 Å². The Morgan fingerprint density at radius 2 is 2.10 bits per heavy atom. The molecule has 1 N–H and O–H groups in total. The van der Waals surface area contributed by atoms with E-state index in [1.807, 2.05) is 19.1 Å². The predicted molar refractivity (Wildman–Crippen MR) is 86.1 cm³/mol. The van der Waals surface area contributed by atoms with Crippen LogP contribution in [0.15, 0.2) is 18.2 Å². The van der Waals surface area contributed by atoms with Gasteiger partial charge in [-0.3, -0.25) is 0 Å². The van der Waals surface area contributed by atoms with Crippen LogP contribution in [0.2, 0.25) is 0 Å². The summed E-state index contributed by atoms with van der Waals surface area (Å²) in [5.41, 5.74) is 1.91. The number of halogens is 1. The molecule has 1 aliphatic heterocycles. The molecule has 2 atom stereocenters. The van der Waals surface area contributed by atoms with Crippen molar-refractivity contribution >= 4 is 0 Å². The van der Waals surface area contributed by atoms with Gasteiger partial charge in [0, 0.05) is 18.2 Å². The molecule has 1 saturated heterocycles. The molecule has 1 fully saturated rings. The Balaban J connectivity index is 2.34. The molecule has 0 amide bonds. The molecule has 4 heteroatoms. The fourth-order valence-corrected chi connectivity index (χ4v) is 3.24. The number of nitrogens with one attached hydrogen (secondary N) is 1. The van der Waals surface area contributed by atoms with E-state index < -0.39 is 0 Å². The monoisotopic (exact) mass is 293 g/mol. The SMILES string of the molecule is CCNC(c1cc(C)ccc1F)C1CN(C)CCCN1C. The lowest BCUT2D eigenvalue weighted by Gasteiger charge is -2.35. The zero-order chi connectivity index (χ0) is 15.4. The van der Waals surface area contributed by atoms with Crippen LogP contribution in [0.4, 0.5) is 4.39 Å². The summed E-state index contributed by atoms with van der Waals surface area (Å²) in [6.07, 6.45) is 1.17. The quantitative estimate of drug-likeness (QED) is 0.920. The normalized spacial score (nSPS) is 23.0. The maximum atomic E-state index is 14.4. The molecule has 0 spiro atoms. The molecule has 0 aliphatic carbocycles. The van der Waals surface area contributed by atoms with E-state index >= 15 is 0 Å². The number of likely N-dealkylation sites (N-methyl/N-ethyl adjacent to an activating group) is 3. The summed E-state index contributed by atoms with van der Waals surface area (Å²) in [5.74, 6) is -0.105. The lowest BCUT2D eigenvalue weighted by atomic mass is 9.95. The first-order chi connectivity index (χ1) is 10.0. The molecule has 0 bridgehead atoms. The Labute approximate surface area is 128 Å². The number of aryl methyl sites for hydroxylation is 1. The van der Waals surface area contributed by atoms with E-state index in [2.05, 4.69) is 36.1 Å². The first-order valence-electron chi connectivity index (χ1n) is 7.91. The molecule has 21 heavy (non-hydrogen) atoms. The van der Waals surface area contributed by atoms with Gasteiger partial charge in [0.1, 0.15) is 5.82 Å². The second-order valence-corrected chi connectivity index (χ2v) is 6.22. The van der Waals surface area contributed by atoms with Crippen molar-refractivity contribution in [2.24, 2.45) is 0 Å². The number of hydrogen-bond acceptors (Lipinski definition) is 3. The van der Waals surface area contributed by atoms with Crippen molar-refractivity contribution in [3.8, 4) is 0 Å². The van der Waals surface area contributed by atoms with Gasteiger partial charge in [-0.1, -0.05) is 24.6 Å². The fraction of sp³-hybridized carbons (Fsp3) is 0.647. The second-order valence-electron chi connectivity index (χ2n) is 6.22. The van der Waals surface area contributed by atoms with Gasteiger partial charge in [-0.15, -0.1) is 0 Å². The molecule has 1 aromatic carbocycles. The van der Waals surface area contributed by atoms with Gasteiger partial charge < -0.3 is 15.1 Å². The van der Waals surface area contributed by atoms with Gasteiger partial charge in [-0.2, -0.15) is 0 Å². The minimum absolute atomic E-state index is 0.0282. The summed E-state index contributed by atoms with van der Waals surface area (Å²) in [6.45, 7) is 8.07. The van der Waals surface area contributed by atoms with Crippen molar-refractivity contribution in [2.75, 3.05) is 40.3 Å². The minimum atomic E-state index is -0.105. The molecule has 2 unspecified atom stereocenters. The summed E-state index contributed by atoms with van der Waals surface area (Å²) < 4.78 is 14.4. The van der Waals surface area contributed by atoms with E-state index in [1.54, 1.807) is 6.07 Å². The van der Waals surface area contributed by atoms with E-state index in [1.165, 1.54) is 6.42 Å². The third-order valence-corrected chi connectivity index (χ3v) is 4.41. The van der Waals surface area contributed by atoms with Crippen LogP contribution >= 0.6 is 0 Å². The number of hydrogen-bond donors (Lipinski definition) is 1. The molecule has 1 aromatic rings. The summed E-state index contributed by atoms with van der Waals surface area (Å²) in [5, 5.41) is 3.51. The third kappa shape index (κ3) is 4.02. The van der Waals surface area contributed by atoms with E-state index in [-0.39, 0.29) is 17.9 Å². The largest absolute Gasteiger partial charge is 0.309 e. The molecule has 3 nitrogen and oxygen atoms in total. The van der Waals surface area contributed by atoms with E-state index in [4.69, 9.17) is 0 Å². The number of benzene rings is 1. The smallest absolute Gasteiger partial charge is 0.128 e. The molecule has 1 heterocycles. The Hall–Kier alpha value is -0.970. The number of nitrogens with zero attached hydrogens (tertiary/aromatic N) is 2. The number of rotatable bonds is 4. The fourth-order valence-electron chi connectivity index (χ4n) is 3.24. The second kappa shape index (κ2) is 7.34. The van der Waals surface area contributed by atoms with Crippen molar-refractivity contribution in [1.82, 2.24) is 15.1 Å². The first kappa shape index (κ1) is 16.4. The van der Waals surface area contributed by atoms with Crippen LogP contribution in [0.25, 0.3) is 0 Å². The topological polar surface area (TPSA) is 18.5 Å². The molecule has 118 valence electrons. The van der Waals surface area contributed by atoms with Gasteiger partial charge in [0.15, 0.2) is 0 Å². The Kier molecular flexibility index (Phi) is 5.73. The summed E-state index contributed by atoms with van der Waals surface area (Å²) >= 11 is 0. The van der Waals surface area contributed by atoms with Gasteiger partial charge in [0.2, 0.25) is 0 Å². The first-order valence-corrected chi connectivity index (χ1v) is 7.91. The van der Waals surface area contributed by atoms with Crippen molar-refractivity contribution in [3.63, 3.8) is 0 Å². The Morgan fingerprint density at radius 1 is 1.33 bits per heavy atom. The van der Waals surface area contributed by atoms with Crippen molar-refractivity contribution in [3.05, 3.63) is 35.1 Å². The van der Waals surface area contributed by atoms with Crippen LogP contribution in [0.1, 0.15) is 30.5 Å². The van der Waals surface area contributed by atoms with Crippen LogP contribution in [-0.2, 0) is 0 Å². The lowest BCUT2D eigenvalue weighted by molar-refractivity contribution is 0.177. The summed E-state index contributed by atoms with van der Waals surface area (Å²) in [6, 6.07) is 5.73. The van der Waals surface area contributed by atoms with Crippen LogP contribution < -0.4 is 5.32 Å². The highest BCUT2D eigenvalue weighted by Crippen LogP contribution is 2.26. The Bertz CT molecular complexity index is 463. The molecule has 0 radical (unpaired) electrons. The third-order valence-electron chi connectivity index (χ3n) is 4.41. The maximum absolute atomic E-state index is 14.4. The van der Waals surface area contributed by atoms with Gasteiger partial charge >= 0.3 is 0 Å². The summed E-state index contributed by atoms with van der Waals surface area (Å²) in [7, 11) is 4.31. The van der Waals surface area contributed by atoms with E-state index in [9.17, 15) is 4.39 Å². The van der Waals surface area contributed by atoms with E-state index in [0.717, 1.165) is 37.3 Å². The molecule has 1 aliphatic rings. The van der Waals surface area contributed by atoms with Crippen molar-refractivity contribution < 1.29 is 4.39 Å². The highest BCUT2D eigenvalue weighted by molar-refractivity contribution is 5.28. The van der Waals surface area contributed by atoms with Crippen LogP contribution in [-0.4, -0.2) is 56.1 Å². The lowest BCUT2D eigenvalue weighted by Crippen LogP contribution is -2.47. The van der Waals surface area contributed by atoms with Gasteiger partial charge in [0.25, 0.3) is 0 Å². The standard InChI is InChI=1S/C17H28FN3/c1-5-19-17(14-11-13(2)7-8-15(14)18)16-12-20(3)9-6-10-21(16)4/h7-8,11,16-17,19H,5-6,9-10,12H2,1-4H3. The van der Waals surface area contributed by atoms with Gasteiger partial charge in [0.05, 0.1) is 6.04 Å². The minimum Gasteiger partial charge on any atom is -0.309 e. The van der Waals surface area contributed by atoms with Gasteiger partial charge in [-0.25, -0.2) is 4.39 Å². The van der Waals surface area contributed by atoms with Crippen molar-refractivity contribution in [2.45, 2.75) is 32.4 Å². The highest BCUT2D eigenvalue weighted by atomic mass is 19.1. The zero-order valence-electron chi connectivity index (χ0n) is 13.7. The molecular formula is C17H28FN3. The molecular weight excluding hydrogens is 265 g/mol. The predicted octanol–water partition coefficient (Wildman–Crippen LogP) is 2.42. The van der Waals surface area contributed by atoms with Crippen LogP contribution in [0.3, 0.4) is 0 Å². The highest BCUT2D eigenvalue weighted by Gasteiger charge is 2.30. The maximum Gasteiger partial charge on any atom is 0.128 e. The Morgan fingerprint density at radius 3 is 2.81 bits per heavy atom. The molecule has 0 aromatic heterocycles. The summed E-state index contributed by atoms with van der Waals surface area (Å²) in [4.78, 5) is 4.73.